The van der Waals surface area contributed by atoms with Gasteiger partial charge in [0.2, 0.25) is 11.9 Å². The number of carbonyl (C=O) groups is 1. The number of aromatic nitrogens is 6. The van der Waals surface area contributed by atoms with Gasteiger partial charge in [0.25, 0.3) is 0 Å². The molecule has 10 nitrogen and oxygen atoms in total. The average Bonchev–Trinajstić information content (AvgIpc) is 3.91. The second-order valence-corrected chi connectivity index (χ2v) is 12.3. The Bertz CT molecular complexity index is 1720. The molecule has 2 aliphatic heterocycles. The minimum atomic E-state index is -0.421. The molecular formula is C35H39N9O. The minimum Gasteiger partial charge on any atom is -0.342 e. The highest BCUT2D eigenvalue weighted by Gasteiger charge is 2.37. The molecule has 0 aliphatic carbocycles. The van der Waals surface area contributed by atoms with Crippen LogP contribution in [0.4, 0.5) is 5.95 Å². The number of hydrogen-bond acceptors (Lipinski definition) is 7. The zero-order valence-electron chi connectivity index (χ0n) is 25.7. The zero-order chi connectivity index (χ0) is 30.8. The lowest BCUT2D eigenvalue weighted by Gasteiger charge is -2.30. The van der Waals surface area contributed by atoms with Crippen LogP contribution in [0.25, 0.3) is 33.6 Å². The summed E-state index contributed by atoms with van der Waals surface area (Å²) in [6, 6.07) is 18.7. The van der Waals surface area contributed by atoms with Gasteiger partial charge in [0, 0.05) is 18.9 Å². The number of carbonyl (C=O) groups excluding carboxylic acids is 1. The normalized spacial score (nSPS) is 18.9. The lowest BCUT2D eigenvalue weighted by atomic mass is 10.0. The molecule has 45 heavy (non-hydrogen) atoms. The second-order valence-electron chi connectivity index (χ2n) is 12.3. The Morgan fingerprint density at radius 1 is 0.800 bits per heavy atom. The highest BCUT2D eigenvalue weighted by Crippen LogP contribution is 2.34. The van der Waals surface area contributed by atoms with E-state index in [-0.39, 0.29) is 17.9 Å². The smallest absolute Gasteiger partial charge is 0.246 e. The predicted octanol–water partition coefficient (Wildman–Crippen LogP) is 6.15. The van der Waals surface area contributed by atoms with Gasteiger partial charge in [-0.2, -0.15) is 0 Å². The lowest BCUT2D eigenvalue weighted by Crippen LogP contribution is -2.45. The predicted molar refractivity (Wildman–Crippen MR) is 175 cm³/mol. The number of aromatic amines is 2. The highest BCUT2D eigenvalue weighted by atomic mass is 16.2. The van der Waals surface area contributed by atoms with E-state index >= 15 is 0 Å². The van der Waals surface area contributed by atoms with Gasteiger partial charge in [-0.05, 0) is 66.5 Å². The van der Waals surface area contributed by atoms with E-state index in [4.69, 9.17) is 4.98 Å². The van der Waals surface area contributed by atoms with E-state index in [0.29, 0.717) is 18.5 Å². The zero-order valence-corrected chi connectivity index (χ0v) is 25.7. The Balaban J connectivity index is 1.03. The number of anilines is 1. The molecule has 4 N–H and O–H groups in total. The molecule has 7 rings (SSSR count). The Morgan fingerprint density at radius 3 is 2.00 bits per heavy atom. The first-order valence-electron chi connectivity index (χ1n) is 15.9. The maximum Gasteiger partial charge on any atom is 0.246 e. The van der Waals surface area contributed by atoms with Crippen LogP contribution >= 0.6 is 0 Å². The van der Waals surface area contributed by atoms with E-state index in [9.17, 15) is 4.79 Å². The van der Waals surface area contributed by atoms with Crippen LogP contribution in [-0.4, -0.2) is 59.8 Å². The van der Waals surface area contributed by atoms with E-state index in [1.807, 2.05) is 31.1 Å². The number of likely N-dealkylation sites (tertiary alicyclic amines) is 1. The van der Waals surface area contributed by atoms with Crippen molar-refractivity contribution in [2.24, 2.45) is 5.92 Å². The molecule has 2 aromatic carbocycles. The quantitative estimate of drug-likeness (QED) is 0.160. The molecule has 10 heteroatoms. The Hall–Kier alpha value is -4.83. The van der Waals surface area contributed by atoms with Crippen LogP contribution in [0.15, 0.2) is 79.4 Å². The molecule has 2 saturated heterocycles. The van der Waals surface area contributed by atoms with Crippen LogP contribution in [0.2, 0.25) is 0 Å². The first-order chi connectivity index (χ1) is 22.0. The molecule has 3 atom stereocenters. The summed E-state index contributed by atoms with van der Waals surface area (Å²) in [6.07, 6.45) is 11.3. The summed E-state index contributed by atoms with van der Waals surface area (Å²) in [6.45, 7) is 5.83. The average molecular weight is 602 g/mol. The number of H-pyrrole nitrogens is 2. The van der Waals surface area contributed by atoms with Crippen LogP contribution < -0.4 is 10.6 Å². The van der Waals surface area contributed by atoms with Crippen LogP contribution in [0, 0.1) is 5.92 Å². The van der Waals surface area contributed by atoms with E-state index in [0.717, 1.165) is 71.1 Å². The first kappa shape index (κ1) is 28.9. The molecule has 0 radical (unpaired) electrons. The number of imidazole rings is 2. The number of benzene rings is 2. The van der Waals surface area contributed by atoms with Gasteiger partial charge in [-0.3, -0.25) is 4.79 Å². The van der Waals surface area contributed by atoms with E-state index in [2.05, 4.69) is 84.1 Å². The van der Waals surface area contributed by atoms with Gasteiger partial charge in [-0.25, -0.2) is 19.9 Å². The van der Waals surface area contributed by atoms with Crippen LogP contribution in [-0.2, 0) is 4.79 Å². The maximum atomic E-state index is 13.7. The molecule has 0 unspecified atom stereocenters. The first-order valence-corrected chi connectivity index (χ1v) is 15.9. The number of hydrogen-bond donors (Lipinski definition) is 4. The van der Waals surface area contributed by atoms with Crippen molar-refractivity contribution in [2.45, 2.75) is 57.7 Å². The molecule has 5 aromatic rings. The summed E-state index contributed by atoms with van der Waals surface area (Å²) in [5.74, 6) is 2.42. The lowest BCUT2D eigenvalue weighted by molar-refractivity contribution is -0.134. The molecule has 5 heterocycles. The van der Waals surface area contributed by atoms with Gasteiger partial charge in [-0.1, -0.05) is 62.4 Å². The monoisotopic (exact) mass is 601 g/mol. The summed E-state index contributed by atoms with van der Waals surface area (Å²) < 4.78 is 0. The second kappa shape index (κ2) is 12.6. The van der Waals surface area contributed by atoms with E-state index in [1.165, 1.54) is 6.42 Å². The number of amides is 1. The molecule has 3 aromatic heterocycles. The molecule has 0 saturated carbocycles. The standard InChI is InChI=1S/C35H39N9O/c1-22(2)31(43-35-37-17-5-18-38-35)34(45)44-19-4-7-30(44)33-40-21-29(42-33)26-14-10-24(11-15-26)23-8-12-25(13-9-23)28-20-39-32(41-28)27-6-3-16-36-27/h5,8-15,17-18,20-22,27,30-31,36H,3-4,6-7,16,19H2,1-2H3,(H,39,41)(H,40,42)(H,37,38,43)/t27-,30-,31+/m0/s1. The third-order valence-electron chi connectivity index (χ3n) is 8.94. The number of nitrogens with one attached hydrogen (secondary N) is 4. The molecule has 0 spiro atoms. The highest BCUT2D eigenvalue weighted by molar-refractivity contribution is 5.85. The van der Waals surface area contributed by atoms with Gasteiger partial charge in [-0.15, -0.1) is 0 Å². The number of nitrogens with zero attached hydrogens (tertiary/aromatic N) is 5. The van der Waals surface area contributed by atoms with Gasteiger partial charge >= 0.3 is 0 Å². The van der Waals surface area contributed by atoms with Crippen molar-refractivity contribution in [1.29, 1.82) is 0 Å². The summed E-state index contributed by atoms with van der Waals surface area (Å²) in [4.78, 5) is 40.6. The van der Waals surface area contributed by atoms with Crippen LogP contribution in [0.5, 0.6) is 0 Å². The third-order valence-corrected chi connectivity index (χ3v) is 8.94. The van der Waals surface area contributed by atoms with Crippen molar-refractivity contribution in [1.82, 2.24) is 40.1 Å². The SMILES string of the molecule is CC(C)[C@@H](Nc1ncccn1)C(=O)N1CCC[C@H]1c1ncc(-c2ccc(-c3ccc(-c4cnc([C@@H]5CCCN5)[nH]4)cc3)cc2)[nH]1. The molecule has 230 valence electrons. The van der Waals surface area contributed by atoms with Crippen molar-refractivity contribution in [2.75, 3.05) is 18.4 Å². The fourth-order valence-electron chi connectivity index (χ4n) is 6.44. The summed E-state index contributed by atoms with van der Waals surface area (Å²) >= 11 is 0. The van der Waals surface area contributed by atoms with Crippen molar-refractivity contribution >= 4 is 11.9 Å². The summed E-state index contributed by atoms with van der Waals surface area (Å²) in [5.41, 5.74) is 6.46. The van der Waals surface area contributed by atoms with Crippen molar-refractivity contribution in [3.63, 3.8) is 0 Å². The van der Waals surface area contributed by atoms with Crippen molar-refractivity contribution in [3.8, 4) is 33.6 Å². The topological polar surface area (TPSA) is 128 Å². The molecular weight excluding hydrogens is 562 g/mol. The molecule has 2 fully saturated rings. The fourth-order valence-corrected chi connectivity index (χ4v) is 6.44. The van der Waals surface area contributed by atoms with Crippen molar-refractivity contribution < 1.29 is 4.79 Å². The Labute approximate surface area is 263 Å². The minimum absolute atomic E-state index is 0.0482. The third kappa shape index (κ3) is 6.10. The summed E-state index contributed by atoms with van der Waals surface area (Å²) in [7, 11) is 0. The largest absolute Gasteiger partial charge is 0.342 e. The molecule has 2 aliphatic rings. The van der Waals surface area contributed by atoms with Gasteiger partial charge in [0.05, 0.1) is 35.9 Å². The van der Waals surface area contributed by atoms with Gasteiger partial charge in [0.15, 0.2) is 0 Å². The summed E-state index contributed by atoms with van der Waals surface area (Å²) in [5, 5.41) is 6.75. The van der Waals surface area contributed by atoms with Gasteiger partial charge < -0.3 is 25.5 Å². The van der Waals surface area contributed by atoms with E-state index in [1.54, 1.807) is 18.5 Å². The number of rotatable bonds is 9. The van der Waals surface area contributed by atoms with Crippen LogP contribution in [0.1, 0.15) is 63.3 Å². The Kier molecular flexibility index (Phi) is 8.13. The fraction of sp³-hybridized carbons (Fsp3) is 0.343. The molecule has 0 bridgehead atoms. The molecule has 1 amide bonds. The van der Waals surface area contributed by atoms with Gasteiger partial charge in [0.1, 0.15) is 17.7 Å². The maximum absolute atomic E-state index is 13.7. The van der Waals surface area contributed by atoms with Crippen molar-refractivity contribution in [3.05, 3.63) is 91.0 Å². The van der Waals surface area contributed by atoms with Crippen LogP contribution in [0.3, 0.4) is 0 Å². The Morgan fingerprint density at radius 2 is 1.40 bits per heavy atom. The van der Waals surface area contributed by atoms with E-state index < -0.39 is 6.04 Å².